The van der Waals surface area contributed by atoms with Crippen molar-refractivity contribution >= 4 is 34.8 Å². The number of alkyl halides is 1. The van der Waals surface area contributed by atoms with Crippen molar-refractivity contribution in [3.05, 3.63) is 28.8 Å². The van der Waals surface area contributed by atoms with Gasteiger partial charge in [-0.3, -0.25) is 4.79 Å². The highest BCUT2D eigenvalue weighted by molar-refractivity contribution is 6.31. The molecule has 1 N–H and O–H groups in total. The topological polar surface area (TPSA) is 29.1 Å². The Kier molecular flexibility index (Phi) is 2.41. The van der Waals surface area contributed by atoms with E-state index in [1.165, 1.54) is 0 Å². The average molecular weight is 230 g/mol. The second-order valence-corrected chi connectivity index (χ2v) is 4.32. The molecule has 74 valence electrons. The second-order valence-electron chi connectivity index (χ2n) is 3.41. The SMILES string of the molecule is CC1C(=O)Nc2cc(Cl)ccc2C1Cl. The maximum Gasteiger partial charge on any atom is 0.229 e. The lowest BCUT2D eigenvalue weighted by atomic mass is 9.94. The highest BCUT2D eigenvalue weighted by Gasteiger charge is 2.30. The molecule has 2 atom stereocenters. The third-order valence-corrected chi connectivity index (χ3v) is 3.27. The molecule has 0 radical (unpaired) electrons. The average Bonchev–Trinajstić information content (AvgIpc) is 2.14. The summed E-state index contributed by atoms with van der Waals surface area (Å²) in [6.45, 7) is 1.81. The molecule has 0 aromatic heterocycles. The number of rotatable bonds is 0. The molecule has 1 aliphatic heterocycles. The number of benzene rings is 1. The van der Waals surface area contributed by atoms with Crippen LogP contribution in [-0.4, -0.2) is 5.91 Å². The molecular formula is C10H9Cl2NO. The van der Waals surface area contributed by atoms with E-state index in [-0.39, 0.29) is 17.2 Å². The van der Waals surface area contributed by atoms with E-state index in [2.05, 4.69) is 5.32 Å². The van der Waals surface area contributed by atoms with Crippen molar-refractivity contribution in [2.75, 3.05) is 5.32 Å². The number of hydrogen-bond donors (Lipinski definition) is 1. The normalized spacial score (nSPS) is 25.5. The molecule has 2 nitrogen and oxygen atoms in total. The van der Waals surface area contributed by atoms with E-state index < -0.39 is 0 Å². The molecule has 1 heterocycles. The van der Waals surface area contributed by atoms with Gasteiger partial charge < -0.3 is 5.32 Å². The first-order valence-electron chi connectivity index (χ1n) is 4.34. The molecule has 2 unspecified atom stereocenters. The zero-order valence-electron chi connectivity index (χ0n) is 7.55. The maximum atomic E-state index is 11.4. The lowest BCUT2D eigenvalue weighted by Crippen LogP contribution is -2.29. The van der Waals surface area contributed by atoms with Crippen molar-refractivity contribution in [2.24, 2.45) is 5.92 Å². The minimum Gasteiger partial charge on any atom is -0.325 e. The largest absolute Gasteiger partial charge is 0.325 e. The van der Waals surface area contributed by atoms with Crippen molar-refractivity contribution in [1.82, 2.24) is 0 Å². The van der Waals surface area contributed by atoms with Crippen LogP contribution in [-0.2, 0) is 4.79 Å². The highest BCUT2D eigenvalue weighted by Crippen LogP contribution is 2.39. The maximum absolute atomic E-state index is 11.4. The Labute approximate surface area is 92.2 Å². The van der Waals surface area contributed by atoms with Crippen LogP contribution in [0.2, 0.25) is 5.02 Å². The number of carbonyl (C=O) groups is 1. The minimum absolute atomic E-state index is 0.0558. The number of anilines is 1. The van der Waals surface area contributed by atoms with Gasteiger partial charge in [0.15, 0.2) is 0 Å². The van der Waals surface area contributed by atoms with Crippen LogP contribution >= 0.6 is 23.2 Å². The molecule has 1 amide bonds. The van der Waals surface area contributed by atoms with Crippen molar-refractivity contribution in [2.45, 2.75) is 12.3 Å². The molecule has 0 fully saturated rings. The third kappa shape index (κ3) is 1.49. The molecule has 0 aliphatic carbocycles. The van der Waals surface area contributed by atoms with Crippen LogP contribution in [0.25, 0.3) is 0 Å². The Morgan fingerprint density at radius 3 is 2.86 bits per heavy atom. The molecule has 0 spiro atoms. The van der Waals surface area contributed by atoms with Gasteiger partial charge in [-0.05, 0) is 17.7 Å². The summed E-state index contributed by atoms with van der Waals surface area (Å²) in [6, 6.07) is 5.35. The van der Waals surface area contributed by atoms with Gasteiger partial charge in [0.05, 0.1) is 11.3 Å². The number of carbonyl (C=O) groups excluding carboxylic acids is 1. The molecule has 0 bridgehead atoms. The Hall–Kier alpha value is -0.730. The predicted octanol–water partition coefficient (Wildman–Crippen LogP) is 3.21. The summed E-state index contributed by atoms with van der Waals surface area (Å²) < 4.78 is 0. The summed E-state index contributed by atoms with van der Waals surface area (Å²) in [5.74, 6) is -0.259. The van der Waals surface area contributed by atoms with E-state index in [4.69, 9.17) is 23.2 Å². The number of amides is 1. The molecule has 1 aromatic rings. The van der Waals surface area contributed by atoms with Crippen LogP contribution in [0.4, 0.5) is 5.69 Å². The Bertz CT molecular complexity index is 392. The monoisotopic (exact) mass is 229 g/mol. The lowest BCUT2D eigenvalue weighted by Gasteiger charge is -2.26. The smallest absolute Gasteiger partial charge is 0.229 e. The van der Waals surface area contributed by atoms with Gasteiger partial charge in [-0.2, -0.15) is 0 Å². The summed E-state index contributed by atoms with van der Waals surface area (Å²) in [5.41, 5.74) is 1.66. The van der Waals surface area contributed by atoms with Gasteiger partial charge in [0.25, 0.3) is 0 Å². The first-order chi connectivity index (χ1) is 6.59. The number of fused-ring (bicyclic) bond motifs is 1. The van der Waals surface area contributed by atoms with Crippen LogP contribution in [0.15, 0.2) is 18.2 Å². The molecule has 0 saturated heterocycles. The lowest BCUT2D eigenvalue weighted by molar-refractivity contribution is -0.119. The van der Waals surface area contributed by atoms with Crippen LogP contribution in [0.3, 0.4) is 0 Å². The highest BCUT2D eigenvalue weighted by atomic mass is 35.5. The summed E-state index contributed by atoms with van der Waals surface area (Å²) >= 11 is 12.0. The van der Waals surface area contributed by atoms with Crippen molar-refractivity contribution < 1.29 is 4.79 Å². The van der Waals surface area contributed by atoms with Gasteiger partial charge in [0.2, 0.25) is 5.91 Å². The molecule has 1 aliphatic rings. The van der Waals surface area contributed by atoms with Gasteiger partial charge in [-0.1, -0.05) is 24.6 Å². The van der Waals surface area contributed by atoms with Gasteiger partial charge in [-0.25, -0.2) is 0 Å². The van der Waals surface area contributed by atoms with Crippen molar-refractivity contribution in [3.63, 3.8) is 0 Å². The first kappa shape index (κ1) is 9.81. The van der Waals surface area contributed by atoms with Crippen LogP contribution in [0, 0.1) is 5.92 Å². The van der Waals surface area contributed by atoms with Crippen LogP contribution in [0.5, 0.6) is 0 Å². The van der Waals surface area contributed by atoms with E-state index in [0.717, 1.165) is 11.3 Å². The fraction of sp³-hybridized carbons (Fsp3) is 0.300. The predicted molar refractivity (Wildman–Crippen MR) is 57.8 cm³/mol. The zero-order chi connectivity index (χ0) is 10.3. The summed E-state index contributed by atoms with van der Waals surface area (Å²) in [5, 5.41) is 3.10. The molecule has 2 rings (SSSR count). The van der Waals surface area contributed by atoms with Gasteiger partial charge in [0.1, 0.15) is 0 Å². The number of halogens is 2. The Balaban J connectivity index is 2.50. The summed E-state index contributed by atoms with van der Waals surface area (Å²) in [4.78, 5) is 11.4. The van der Waals surface area contributed by atoms with Gasteiger partial charge in [0, 0.05) is 10.7 Å². The molecule has 0 saturated carbocycles. The fourth-order valence-corrected chi connectivity index (χ4v) is 2.00. The quantitative estimate of drug-likeness (QED) is 0.681. The third-order valence-electron chi connectivity index (χ3n) is 2.42. The van der Waals surface area contributed by atoms with E-state index in [9.17, 15) is 4.79 Å². The van der Waals surface area contributed by atoms with E-state index in [0.29, 0.717) is 5.02 Å². The molecule has 4 heteroatoms. The van der Waals surface area contributed by atoms with Crippen molar-refractivity contribution in [1.29, 1.82) is 0 Å². The second kappa shape index (κ2) is 3.44. The minimum atomic E-state index is -0.268. The van der Waals surface area contributed by atoms with Gasteiger partial charge in [-0.15, -0.1) is 11.6 Å². The Morgan fingerprint density at radius 2 is 2.14 bits per heavy atom. The van der Waals surface area contributed by atoms with Crippen LogP contribution < -0.4 is 5.32 Å². The fourth-order valence-electron chi connectivity index (χ4n) is 1.53. The zero-order valence-corrected chi connectivity index (χ0v) is 9.06. The van der Waals surface area contributed by atoms with Gasteiger partial charge >= 0.3 is 0 Å². The van der Waals surface area contributed by atoms with Crippen LogP contribution in [0.1, 0.15) is 17.9 Å². The molecule has 14 heavy (non-hydrogen) atoms. The van der Waals surface area contributed by atoms with Crippen molar-refractivity contribution in [3.8, 4) is 0 Å². The van der Waals surface area contributed by atoms with E-state index >= 15 is 0 Å². The molecule has 1 aromatic carbocycles. The standard InChI is InChI=1S/C10H9Cl2NO/c1-5-9(12)7-3-2-6(11)4-8(7)13-10(5)14/h2-5,9H,1H3,(H,13,14). The molecular weight excluding hydrogens is 221 g/mol. The number of nitrogens with one attached hydrogen (secondary N) is 1. The van der Waals surface area contributed by atoms with E-state index in [1.807, 2.05) is 13.0 Å². The van der Waals surface area contributed by atoms with E-state index in [1.54, 1.807) is 12.1 Å². The Morgan fingerprint density at radius 1 is 1.43 bits per heavy atom. The first-order valence-corrected chi connectivity index (χ1v) is 5.15. The number of hydrogen-bond acceptors (Lipinski definition) is 1. The summed E-state index contributed by atoms with van der Waals surface area (Å²) in [6.07, 6.45) is 0. The summed E-state index contributed by atoms with van der Waals surface area (Å²) in [7, 11) is 0.